The maximum atomic E-state index is 2.65. The first-order valence-corrected chi connectivity index (χ1v) is 23.0. The van der Waals surface area contributed by atoms with Gasteiger partial charge in [0.25, 0.3) is 0 Å². The molecule has 0 bridgehead atoms. The van der Waals surface area contributed by atoms with Crippen LogP contribution in [0.3, 0.4) is 0 Å². The molecule has 3 rings (SSSR count). The molecule has 0 saturated carbocycles. The zero-order valence-corrected chi connectivity index (χ0v) is 18.2. The third-order valence-corrected chi connectivity index (χ3v) is 21.5. The van der Waals surface area contributed by atoms with Gasteiger partial charge in [-0.2, -0.15) is 0 Å². The van der Waals surface area contributed by atoms with E-state index in [2.05, 4.69) is 100 Å². The zero-order chi connectivity index (χ0) is 16.9. The molecule has 3 aromatic rings. The summed E-state index contributed by atoms with van der Waals surface area (Å²) in [5.41, 5.74) is 4.51. The summed E-state index contributed by atoms with van der Waals surface area (Å²) < 4.78 is 9.12. The van der Waals surface area contributed by atoms with E-state index in [1.807, 2.05) is 0 Å². The van der Waals surface area contributed by atoms with Crippen molar-refractivity contribution in [2.45, 2.75) is 21.6 Å². The van der Waals surface area contributed by atoms with Gasteiger partial charge in [-0.05, 0) is 0 Å². The fourth-order valence-corrected chi connectivity index (χ4v) is 22.1. The number of benzene rings is 3. The molecular formula is C23H27Bi. The van der Waals surface area contributed by atoms with E-state index < -0.39 is 18.8 Å². The molecule has 3 aromatic carbocycles. The van der Waals surface area contributed by atoms with E-state index in [4.69, 9.17) is 0 Å². The summed E-state index contributed by atoms with van der Waals surface area (Å²) in [6, 6.07) is 33.2. The minimum absolute atomic E-state index is 1.27. The molecule has 24 heavy (non-hydrogen) atoms. The van der Waals surface area contributed by atoms with Gasteiger partial charge in [0.2, 0.25) is 0 Å². The molecule has 0 aliphatic rings. The summed E-state index contributed by atoms with van der Waals surface area (Å²) in [4.78, 5) is 0. The molecule has 0 unspecified atom stereocenters. The summed E-state index contributed by atoms with van der Waals surface area (Å²) in [5, 5.41) is 0. The van der Waals surface area contributed by atoms with Crippen molar-refractivity contribution >= 4 is 18.8 Å². The van der Waals surface area contributed by atoms with E-state index in [-0.39, 0.29) is 0 Å². The van der Waals surface area contributed by atoms with Crippen molar-refractivity contribution in [3.63, 3.8) is 0 Å². The number of hydrogen-bond donors (Lipinski definition) is 0. The van der Waals surface area contributed by atoms with Gasteiger partial charge >= 0.3 is 148 Å². The van der Waals surface area contributed by atoms with Crippen molar-refractivity contribution in [2.75, 3.05) is 0 Å². The van der Waals surface area contributed by atoms with E-state index in [0.29, 0.717) is 0 Å². The second-order valence-electron chi connectivity index (χ2n) is 7.95. The predicted octanol–water partition coefficient (Wildman–Crippen LogP) is 5.99. The van der Waals surface area contributed by atoms with Gasteiger partial charge in [0.15, 0.2) is 0 Å². The SMILES string of the molecule is [CH3][Bi]([CH3])([CH2]c1ccccc1)([CH2]c1ccccc1)[CH2]c1ccccc1. The molecule has 124 valence electrons. The second kappa shape index (κ2) is 7.20. The Hall–Kier alpha value is -1.46. The van der Waals surface area contributed by atoms with Crippen molar-refractivity contribution in [3.05, 3.63) is 108 Å². The fraction of sp³-hybridized carbons (Fsp3) is 0.217. The van der Waals surface area contributed by atoms with Gasteiger partial charge in [-0.3, -0.25) is 0 Å². The molecule has 0 fully saturated rings. The van der Waals surface area contributed by atoms with Crippen molar-refractivity contribution < 1.29 is 0 Å². The second-order valence-corrected chi connectivity index (χ2v) is 35.1. The molecule has 0 amide bonds. The average molecular weight is 512 g/mol. The van der Waals surface area contributed by atoms with Crippen LogP contribution < -0.4 is 0 Å². The van der Waals surface area contributed by atoms with E-state index in [9.17, 15) is 0 Å². The molecule has 0 aromatic heterocycles. The van der Waals surface area contributed by atoms with Crippen LogP contribution in [-0.2, 0) is 12.4 Å². The number of rotatable bonds is 6. The van der Waals surface area contributed by atoms with Crippen molar-refractivity contribution in [2.24, 2.45) is 0 Å². The topological polar surface area (TPSA) is 0 Å². The van der Waals surface area contributed by atoms with Gasteiger partial charge < -0.3 is 0 Å². The van der Waals surface area contributed by atoms with E-state index in [0.717, 1.165) is 0 Å². The standard InChI is InChI=1S/3C7H7.2CH3.Bi/c3*1-7-5-3-2-4-6-7;;;/h3*2-6H,1H2;2*1H3;. The Kier molecular flexibility index (Phi) is 5.21. The molecule has 0 N–H and O–H groups in total. The Morgan fingerprint density at radius 2 is 0.708 bits per heavy atom. The molecule has 0 saturated heterocycles. The molecule has 0 atom stereocenters. The molecule has 0 nitrogen and oxygen atoms in total. The maximum absolute atomic E-state index is 3.06. The summed E-state index contributed by atoms with van der Waals surface area (Å²) >= 11 is -3.06. The Balaban J connectivity index is 1.95. The van der Waals surface area contributed by atoms with Crippen molar-refractivity contribution in [1.29, 1.82) is 0 Å². The van der Waals surface area contributed by atoms with Gasteiger partial charge in [0.05, 0.1) is 0 Å². The van der Waals surface area contributed by atoms with Crippen LogP contribution in [0.4, 0.5) is 0 Å². The summed E-state index contributed by atoms with van der Waals surface area (Å²) in [7, 11) is 0. The minimum atomic E-state index is -3.06. The molecule has 0 aliphatic heterocycles. The Morgan fingerprint density at radius 3 is 0.958 bits per heavy atom. The third kappa shape index (κ3) is 4.77. The summed E-state index contributed by atoms with van der Waals surface area (Å²) in [6.45, 7) is 0. The quantitative estimate of drug-likeness (QED) is 0.356. The first-order chi connectivity index (χ1) is 11.5. The van der Waals surface area contributed by atoms with Gasteiger partial charge in [0, 0.05) is 0 Å². The predicted molar refractivity (Wildman–Crippen MR) is 108 cm³/mol. The van der Waals surface area contributed by atoms with E-state index in [1.165, 1.54) is 29.1 Å². The molecule has 0 heterocycles. The molecular weight excluding hydrogens is 485 g/mol. The fourth-order valence-electron chi connectivity index (χ4n) is 3.79. The summed E-state index contributed by atoms with van der Waals surface area (Å²) in [5.74, 6) is 0. The number of hydrogen-bond acceptors (Lipinski definition) is 0. The Morgan fingerprint density at radius 1 is 0.458 bits per heavy atom. The Labute approximate surface area is 147 Å². The van der Waals surface area contributed by atoms with Crippen LogP contribution in [-0.4, -0.2) is 18.8 Å². The van der Waals surface area contributed by atoms with Gasteiger partial charge in [0.1, 0.15) is 0 Å². The molecule has 0 aliphatic carbocycles. The first-order valence-electron chi connectivity index (χ1n) is 8.64. The van der Waals surface area contributed by atoms with Crippen molar-refractivity contribution in [3.8, 4) is 0 Å². The van der Waals surface area contributed by atoms with Crippen LogP contribution in [0, 0.1) is 0 Å². The Bertz CT molecular complexity index is 653. The van der Waals surface area contributed by atoms with Crippen LogP contribution in [0.1, 0.15) is 16.7 Å². The van der Waals surface area contributed by atoms with Crippen LogP contribution in [0.15, 0.2) is 91.0 Å². The normalized spacial score (nSPS) is 13.2. The van der Waals surface area contributed by atoms with Crippen LogP contribution >= 0.6 is 0 Å². The van der Waals surface area contributed by atoms with Crippen molar-refractivity contribution in [1.82, 2.24) is 0 Å². The van der Waals surface area contributed by atoms with Crippen LogP contribution in [0.25, 0.3) is 0 Å². The van der Waals surface area contributed by atoms with E-state index in [1.54, 1.807) is 0 Å². The molecule has 0 radical (unpaired) electrons. The zero-order valence-electron chi connectivity index (χ0n) is 14.7. The summed E-state index contributed by atoms with van der Waals surface area (Å²) in [6.07, 6.45) is 0. The van der Waals surface area contributed by atoms with Crippen LogP contribution in [0.5, 0.6) is 0 Å². The van der Waals surface area contributed by atoms with Gasteiger partial charge in [-0.15, -0.1) is 0 Å². The van der Waals surface area contributed by atoms with Gasteiger partial charge in [-0.25, -0.2) is 0 Å². The average Bonchev–Trinajstić information content (AvgIpc) is 2.56. The molecule has 0 spiro atoms. The van der Waals surface area contributed by atoms with Crippen LogP contribution in [0.2, 0.25) is 9.26 Å². The van der Waals surface area contributed by atoms with Gasteiger partial charge in [-0.1, -0.05) is 0 Å². The monoisotopic (exact) mass is 512 g/mol. The first kappa shape index (κ1) is 17.4. The molecule has 1 heteroatoms. The van der Waals surface area contributed by atoms with E-state index >= 15 is 0 Å². The third-order valence-electron chi connectivity index (χ3n) is 4.70.